The Morgan fingerprint density at radius 2 is 2.26 bits per heavy atom. The summed E-state index contributed by atoms with van der Waals surface area (Å²) in [7, 11) is 0. The van der Waals surface area contributed by atoms with Crippen molar-refractivity contribution in [1.82, 2.24) is 14.9 Å². The van der Waals surface area contributed by atoms with Crippen LogP contribution in [0.4, 0.5) is 5.82 Å². The number of halogens is 1. The minimum Gasteiger partial charge on any atom is -0.369 e. The fourth-order valence-electron chi connectivity index (χ4n) is 2.13. The number of nitrogens with one attached hydrogen (secondary N) is 2. The van der Waals surface area contributed by atoms with Crippen molar-refractivity contribution in [3.63, 3.8) is 0 Å². The summed E-state index contributed by atoms with van der Waals surface area (Å²) in [6.07, 6.45) is 3.01. The van der Waals surface area contributed by atoms with Gasteiger partial charge in [-0.1, -0.05) is 11.6 Å². The second kappa shape index (κ2) is 6.03. The Bertz CT molecular complexity index is 510. The van der Waals surface area contributed by atoms with Gasteiger partial charge in [-0.3, -0.25) is 14.5 Å². The Labute approximate surface area is 115 Å². The summed E-state index contributed by atoms with van der Waals surface area (Å²) in [5, 5.41) is 3.23. The molecule has 1 aromatic rings. The molecule has 0 saturated carbocycles. The van der Waals surface area contributed by atoms with Crippen molar-refractivity contribution < 1.29 is 4.79 Å². The smallest absolute Gasteiger partial charge is 0.271 e. The summed E-state index contributed by atoms with van der Waals surface area (Å²) in [4.78, 5) is 30.6. The highest BCUT2D eigenvalue weighted by atomic mass is 35.5. The second-order valence-corrected chi connectivity index (χ2v) is 4.93. The summed E-state index contributed by atoms with van der Waals surface area (Å²) < 4.78 is 0. The maximum Gasteiger partial charge on any atom is 0.271 e. The molecule has 1 saturated heterocycles. The van der Waals surface area contributed by atoms with E-state index in [4.69, 9.17) is 17.3 Å². The van der Waals surface area contributed by atoms with E-state index in [0.29, 0.717) is 5.82 Å². The largest absolute Gasteiger partial charge is 0.369 e. The number of carbonyl (C=O) groups excluding carboxylic acids is 1. The molecule has 1 amide bonds. The van der Waals surface area contributed by atoms with Crippen LogP contribution in [0.2, 0.25) is 5.02 Å². The Kier molecular flexibility index (Phi) is 4.39. The first-order chi connectivity index (χ1) is 9.06. The molecule has 8 heteroatoms. The molecule has 0 bridgehead atoms. The van der Waals surface area contributed by atoms with Gasteiger partial charge in [0.25, 0.3) is 5.56 Å². The average molecular weight is 286 g/mol. The number of piperidine rings is 1. The van der Waals surface area contributed by atoms with Crippen LogP contribution < -0.4 is 16.6 Å². The molecule has 1 aliphatic rings. The van der Waals surface area contributed by atoms with E-state index in [1.807, 2.05) is 4.90 Å². The molecule has 1 aliphatic heterocycles. The third-order valence-corrected chi connectivity index (χ3v) is 3.46. The van der Waals surface area contributed by atoms with E-state index >= 15 is 0 Å². The third-order valence-electron chi connectivity index (χ3n) is 3.10. The van der Waals surface area contributed by atoms with Crippen molar-refractivity contribution in [2.45, 2.75) is 18.9 Å². The van der Waals surface area contributed by atoms with Gasteiger partial charge in [0.2, 0.25) is 5.91 Å². The molecule has 0 radical (unpaired) electrons. The van der Waals surface area contributed by atoms with Crippen LogP contribution in [-0.2, 0) is 4.79 Å². The highest BCUT2D eigenvalue weighted by molar-refractivity contribution is 6.32. The Morgan fingerprint density at radius 3 is 2.89 bits per heavy atom. The lowest BCUT2D eigenvalue weighted by atomic mass is 10.1. The lowest BCUT2D eigenvalue weighted by Gasteiger charge is -2.31. The first-order valence-corrected chi connectivity index (χ1v) is 6.44. The number of carbonyl (C=O) groups is 1. The summed E-state index contributed by atoms with van der Waals surface area (Å²) in [6, 6.07) is 0.191. The van der Waals surface area contributed by atoms with Crippen molar-refractivity contribution in [3.8, 4) is 0 Å². The molecule has 0 aliphatic carbocycles. The zero-order valence-electron chi connectivity index (χ0n) is 10.4. The van der Waals surface area contributed by atoms with Crippen LogP contribution in [0.3, 0.4) is 0 Å². The quantitative estimate of drug-likeness (QED) is 0.710. The molecule has 1 fully saturated rings. The van der Waals surface area contributed by atoms with Crippen LogP contribution in [0.15, 0.2) is 11.1 Å². The van der Waals surface area contributed by atoms with Crippen LogP contribution in [-0.4, -0.2) is 46.5 Å². The van der Waals surface area contributed by atoms with Crippen molar-refractivity contribution in [2.24, 2.45) is 5.73 Å². The van der Waals surface area contributed by atoms with Gasteiger partial charge in [-0.25, -0.2) is 4.98 Å². The fraction of sp³-hybridized carbons (Fsp3) is 0.545. The van der Waals surface area contributed by atoms with Gasteiger partial charge >= 0.3 is 0 Å². The third kappa shape index (κ3) is 3.68. The molecule has 1 aromatic heterocycles. The molecule has 0 aromatic carbocycles. The maximum atomic E-state index is 11.3. The summed E-state index contributed by atoms with van der Waals surface area (Å²) in [5.41, 5.74) is 4.80. The number of nitrogens with zero attached hydrogens (tertiary/aromatic N) is 2. The molecule has 2 rings (SSSR count). The van der Waals surface area contributed by atoms with Gasteiger partial charge in [0.1, 0.15) is 5.02 Å². The number of H-pyrrole nitrogens is 1. The SMILES string of the molecule is NC(=O)CN1CCC(Nc2nc[nH]c(=O)c2Cl)CC1. The summed E-state index contributed by atoms with van der Waals surface area (Å²) >= 11 is 5.87. The Morgan fingerprint density at radius 1 is 1.58 bits per heavy atom. The zero-order chi connectivity index (χ0) is 13.8. The second-order valence-electron chi connectivity index (χ2n) is 4.56. The van der Waals surface area contributed by atoms with Gasteiger partial charge in [-0.15, -0.1) is 0 Å². The van der Waals surface area contributed by atoms with E-state index in [1.165, 1.54) is 6.33 Å². The zero-order valence-corrected chi connectivity index (χ0v) is 11.1. The van der Waals surface area contributed by atoms with Crippen LogP contribution in [0.25, 0.3) is 0 Å². The molecule has 4 N–H and O–H groups in total. The van der Waals surface area contributed by atoms with Crippen LogP contribution >= 0.6 is 11.6 Å². The average Bonchev–Trinajstić information content (AvgIpc) is 2.37. The lowest BCUT2D eigenvalue weighted by Crippen LogP contribution is -2.43. The Hall–Kier alpha value is -1.60. The highest BCUT2D eigenvalue weighted by Crippen LogP contribution is 2.18. The molecule has 7 nitrogen and oxygen atoms in total. The first kappa shape index (κ1) is 13.8. The number of amides is 1. The van der Waals surface area contributed by atoms with Crippen molar-refractivity contribution in [2.75, 3.05) is 25.0 Å². The number of primary amides is 1. The van der Waals surface area contributed by atoms with Crippen molar-refractivity contribution >= 4 is 23.3 Å². The van der Waals surface area contributed by atoms with Gasteiger partial charge in [0.15, 0.2) is 5.82 Å². The molecule has 0 unspecified atom stereocenters. The normalized spacial score (nSPS) is 17.3. The number of aromatic nitrogens is 2. The number of rotatable bonds is 4. The number of hydrogen-bond donors (Lipinski definition) is 3. The van der Waals surface area contributed by atoms with E-state index in [1.54, 1.807) is 0 Å². The molecule has 0 atom stereocenters. The predicted octanol–water partition coefficient (Wildman–Crippen LogP) is -0.215. The summed E-state index contributed by atoms with van der Waals surface area (Å²) in [6.45, 7) is 1.85. The summed E-state index contributed by atoms with van der Waals surface area (Å²) in [5.74, 6) is 0.0875. The number of anilines is 1. The maximum absolute atomic E-state index is 11.3. The molecular formula is C11H16ClN5O2. The van der Waals surface area contributed by atoms with E-state index in [9.17, 15) is 9.59 Å². The fourth-order valence-corrected chi connectivity index (χ4v) is 2.29. The minimum absolute atomic E-state index is 0.0714. The highest BCUT2D eigenvalue weighted by Gasteiger charge is 2.21. The number of nitrogens with two attached hydrogens (primary N) is 1. The van der Waals surface area contributed by atoms with E-state index in [2.05, 4.69) is 15.3 Å². The van der Waals surface area contributed by atoms with Crippen LogP contribution in [0.5, 0.6) is 0 Å². The van der Waals surface area contributed by atoms with E-state index in [-0.39, 0.29) is 29.1 Å². The van der Waals surface area contributed by atoms with Gasteiger partial charge in [0, 0.05) is 19.1 Å². The van der Waals surface area contributed by atoms with Gasteiger partial charge < -0.3 is 16.0 Å². The number of hydrogen-bond acceptors (Lipinski definition) is 5. The van der Waals surface area contributed by atoms with Crippen LogP contribution in [0, 0.1) is 0 Å². The van der Waals surface area contributed by atoms with Crippen LogP contribution in [0.1, 0.15) is 12.8 Å². The number of aromatic amines is 1. The molecule has 104 valence electrons. The molecule has 0 spiro atoms. The lowest BCUT2D eigenvalue weighted by molar-refractivity contribution is -0.119. The standard InChI is InChI=1S/C11H16ClN5O2/c12-9-10(14-6-15-11(9)19)16-7-1-3-17(4-2-7)5-8(13)18/h6-7H,1-5H2,(H2,13,18)(H2,14,15,16,19). The monoisotopic (exact) mass is 285 g/mol. The molecule has 2 heterocycles. The van der Waals surface area contributed by atoms with Gasteiger partial charge in [-0.05, 0) is 12.8 Å². The van der Waals surface area contributed by atoms with Gasteiger partial charge in [0.05, 0.1) is 12.9 Å². The van der Waals surface area contributed by atoms with Crippen molar-refractivity contribution in [3.05, 3.63) is 21.7 Å². The van der Waals surface area contributed by atoms with Gasteiger partial charge in [-0.2, -0.15) is 0 Å². The topological polar surface area (TPSA) is 104 Å². The predicted molar refractivity (Wildman–Crippen MR) is 72.1 cm³/mol. The Balaban J connectivity index is 1.90. The first-order valence-electron chi connectivity index (χ1n) is 6.06. The number of likely N-dealkylation sites (tertiary alicyclic amines) is 1. The van der Waals surface area contributed by atoms with E-state index in [0.717, 1.165) is 25.9 Å². The minimum atomic E-state index is -0.356. The van der Waals surface area contributed by atoms with E-state index < -0.39 is 0 Å². The van der Waals surface area contributed by atoms with Crippen molar-refractivity contribution in [1.29, 1.82) is 0 Å². The molecular weight excluding hydrogens is 270 g/mol. The molecule has 19 heavy (non-hydrogen) atoms.